The van der Waals surface area contributed by atoms with Gasteiger partial charge in [-0.2, -0.15) is 0 Å². The summed E-state index contributed by atoms with van der Waals surface area (Å²) in [6.07, 6.45) is 2.15. The van der Waals surface area contributed by atoms with E-state index in [0.29, 0.717) is 38.4 Å². The van der Waals surface area contributed by atoms with E-state index >= 15 is 0 Å². The molecule has 148 valence electrons. The number of nitrogens with zero attached hydrogens (tertiary/aromatic N) is 2. The molecule has 2 amide bonds. The zero-order valence-electron chi connectivity index (χ0n) is 16.4. The standard InChI is InChI=1S/C22H26N2O4/c1-4-9-22(27)17(19(25)23-10-12-28-13-11-23)18-16-8-6-5-7-15(16)14-21(2,3)24(18)20(22)26/h4-8,27H,1,9-14H2,2-3H3/t22-/m1/s1. The number of benzene rings is 1. The highest BCUT2D eigenvalue weighted by atomic mass is 16.5. The predicted octanol–water partition coefficient (Wildman–Crippen LogP) is 1.74. The summed E-state index contributed by atoms with van der Waals surface area (Å²) in [5.74, 6) is -0.746. The molecule has 1 aromatic carbocycles. The highest BCUT2D eigenvalue weighted by Crippen LogP contribution is 2.49. The maximum atomic E-state index is 13.6. The van der Waals surface area contributed by atoms with Crippen LogP contribution in [0, 0.1) is 0 Å². The normalized spacial score (nSPS) is 26.2. The molecule has 0 spiro atoms. The van der Waals surface area contributed by atoms with Crippen LogP contribution in [-0.2, 0) is 20.7 Å². The summed E-state index contributed by atoms with van der Waals surface area (Å²) < 4.78 is 5.36. The van der Waals surface area contributed by atoms with Gasteiger partial charge in [0.05, 0.1) is 24.5 Å². The van der Waals surface area contributed by atoms with Gasteiger partial charge in [-0.25, -0.2) is 0 Å². The summed E-state index contributed by atoms with van der Waals surface area (Å²) in [6, 6.07) is 7.80. The number of fused-ring (bicyclic) bond motifs is 3. The third kappa shape index (κ3) is 2.63. The molecular formula is C22H26N2O4. The average Bonchev–Trinajstić information content (AvgIpc) is 2.90. The van der Waals surface area contributed by atoms with E-state index in [1.54, 1.807) is 9.80 Å². The second-order valence-electron chi connectivity index (χ2n) is 8.27. The zero-order chi connectivity index (χ0) is 20.1. The molecule has 3 aliphatic heterocycles. The van der Waals surface area contributed by atoms with E-state index in [1.807, 2.05) is 38.1 Å². The predicted molar refractivity (Wildman–Crippen MR) is 105 cm³/mol. The summed E-state index contributed by atoms with van der Waals surface area (Å²) in [5.41, 5.74) is 0.162. The minimum Gasteiger partial charge on any atom is -0.378 e. The number of aliphatic hydroxyl groups is 1. The number of ether oxygens (including phenoxy) is 1. The Morgan fingerprint density at radius 1 is 1.29 bits per heavy atom. The van der Waals surface area contributed by atoms with Gasteiger partial charge in [0.2, 0.25) is 0 Å². The molecule has 28 heavy (non-hydrogen) atoms. The average molecular weight is 382 g/mol. The first-order valence-electron chi connectivity index (χ1n) is 9.69. The van der Waals surface area contributed by atoms with Crippen LogP contribution in [0.25, 0.3) is 5.70 Å². The van der Waals surface area contributed by atoms with Crippen LogP contribution in [0.4, 0.5) is 0 Å². The molecule has 0 unspecified atom stereocenters. The van der Waals surface area contributed by atoms with E-state index in [0.717, 1.165) is 11.1 Å². The van der Waals surface area contributed by atoms with Gasteiger partial charge < -0.3 is 19.6 Å². The molecule has 1 saturated heterocycles. The number of rotatable bonds is 3. The lowest BCUT2D eigenvalue weighted by atomic mass is 9.83. The SMILES string of the molecule is C=CC[C@]1(O)C(=O)N2C(=C1C(=O)N1CCOCC1)c1ccccc1CC2(C)C. The number of hydrogen-bond acceptors (Lipinski definition) is 4. The van der Waals surface area contributed by atoms with Crippen LogP contribution < -0.4 is 0 Å². The Labute approximate surface area is 165 Å². The van der Waals surface area contributed by atoms with Crippen molar-refractivity contribution in [1.82, 2.24) is 9.80 Å². The first kappa shape index (κ1) is 18.9. The van der Waals surface area contributed by atoms with Gasteiger partial charge in [0, 0.05) is 30.6 Å². The summed E-state index contributed by atoms with van der Waals surface area (Å²) in [7, 11) is 0. The molecule has 6 nitrogen and oxygen atoms in total. The molecular weight excluding hydrogens is 356 g/mol. The molecule has 0 saturated carbocycles. The van der Waals surface area contributed by atoms with Crippen LogP contribution in [0.5, 0.6) is 0 Å². The fourth-order valence-electron chi connectivity index (χ4n) is 4.59. The van der Waals surface area contributed by atoms with Gasteiger partial charge in [-0.1, -0.05) is 30.3 Å². The van der Waals surface area contributed by atoms with E-state index in [4.69, 9.17) is 4.74 Å². The van der Waals surface area contributed by atoms with Gasteiger partial charge in [-0.15, -0.1) is 6.58 Å². The van der Waals surface area contributed by atoms with Crippen LogP contribution in [0.1, 0.15) is 31.4 Å². The van der Waals surface area contributed by atoms with E-state index in [2.05, 4.69) is 6.58 Å². The number of hydrogen-bond donors (Lipinski definition) is 1. The summed E-state index contributed by atoms with van der Waals surface area (Å²) in [6.45, 7) is 9.44. The Morgan fingerprint density at radius 2 is 1.96 bits per heavy atom. The van der Waals surface area contributed by atoms with Crippen molar-refractivity contribution in [2.24, 2.45) is 0 Å². The van der Waals surface area contributed by atoms with Crippen molar-refractivity contribution in [3.05, 3.63) is 53.6 Å². The lowest BCUT2D eigenvalue weighted by Gasteiger charge is -2.43. The largest absolute Gasteiger partial charge is 0.378 e. The third-order valence-corrected chi connectivity index (χ3v) is 5.88. The molecule has 1 aromatic rings. The Hall–Kier alpha value is -2.44. The smallest absolute Gasteiger partial charge is 0.264 e. The Kier molecular flexibility index (Phi) is 4.43. The molecule has 6 heteroatoms. The minimum absolute atomic E-state index is 0.00447. The lowest BCUT2D eigenvalue weighted by molar-refractivity contribution is -0.148. The van der Waals surface area contributed by atoms with E-state index < -0.39 is 17.0 Å². The first-order valence-corrected chi connectivity index (χ1v) is 9.69. The van der Waals surface area contributed by atoms with Gasteiger partial charge in [-0.3, -0.25) is 9.59 Å². The van der Waals surface area contributed by atoms with Gasteiger partial charge >= 0.3 is 0 Å². The molecule has 1 N–H and O–H groups in total. The molecule has 1 atom stereocenters. The third-order valence-electron chi connectivity index (χ3n) is 5.88. The second kappa shape index (κ2) is 6.57. The fraction of sp³-hybridized carbons (Fsp3) is 0.455. The minimum atomic E-state index is -1.90. The summed E-state index contributed by atoms with van der Waals surface area (Å²) in [5, 5.41) is 11.5. The molecule has 0 bridgehead atoms. The van der Waals surface area contributed by atoms with Crippen molar-refractivity contribution in [2.75, 3.05) is 26.3 Å². The molecule has 3 heterocycles. The molecule has 0 aliphatic carbocycles. The van der Waals surface area contributed by atoms with Crippen LogP contribution in [-0.4, -0.2) is 64.2 Å². The number of morpholine rings is 1. The van der Waals surface area contributed by atoms with E-state index in [-0.39, 0.29) is 17.9 Å². The number of carbonyl (C=O) groups is 2. The maximum absolute atomic E-state index is 13.6. The fourth-order valence-corrected chi connectivity index (χ4v) is 4.59. The highest BCUT2D eigenvalue weighted by molar-refractivity contribution is 6.17. The zero-order valence-corrected chi connectivity index (χ0v) is 16.4. The summed E-state index contributed by atoms with van der Waals surface area (Å²) in [4.78, 5) is 30.3. The van der Waals surface area contributed by atoms with E-state index in [9.17, 15) is 14.7 Å². The van der Waals surface area contributed by atoms with Crippen molar-refractivity contribution in [3.8, 4) is 0 Å². The number of carbonyl (C=O) groups excluding carboxylic acids is 2. The van der Waals surface area contributed by atoms with Gasteiger partial charge in [0.15, 0.2) is 5.60 Å². The molecule has 4 rings (SSSR count). The van der Waals surface area contributed by atoms with Gasteiger partial charge in [-0.05, 0) is 25.8 Å². The summed E-state index contributed by atoms with van der Waals surface area (Å²) >= 11 is 0. The van der Waals surface area contributed by atoms with Gasteiger partial charge in [0.25, 0.3) is 11.8 Å². The first-order chi connectivity index (χ1) is 13.3. The van der Waals surface area contributed by atoms with Crippen LogP contribution in [0.15, 0.2) is 42.5 Å². The van der Waals surface area contributed by atoms with Gasteiger partial charge in [0.1, 0.15) is 0 Å². The molecule has 1 fully saturated rings. The van der Waals surface area contributed by atoms with Crippen LogP contribution in [0.2, 0.25) is 0 Å². The van der Waals surface area contributed by atoms with Crippen LogP contribution >= 0.6 is 0 Å². The van der Waals surface area contributed by atoms with Crippen molar-refractivity contribution in [1.29, 1.82) is 0 Å². The quantitative estimate of drug-likeness (QED) is 0.809. The van der Waals surface area contributed by atoms with Crippen molar-refractivity contribution in [3.63, 3.8) is 0 Å². The monoisotopic (exact) mass is 382 g/mol. The van der Waals surface area contributed by atoms with Crippen LogP contribution in [0.3, 0.4) is 0 Å². The number of amides is 2. The van der Waals surface area contributed by atoms with Crippen molar-refractivity contribution in [2.45, 2.75) is 37.8 Å². The Balaban J connectivity index is 1.97. The molecule has 0 aromatic heterocycles. The Morgan fingerprint density at radius 3 is 2.64 bits per heavy atom. The Bertz CT molecular complexity index is 882. The van der Waals surface area contributed by atoms with E-state index in [1.165, 1.54) is 6.08 Å². The lowest BCUT2D eigenvalue weighted by Crippen LogP contribution is -2.54. The second-order valence-corrected chi connectivity index (χ2v) is 8.27. The molecule has 0 radical (unpaired) electrons. The highest BCUT2D eigenvalue weighted by Gasteiger charge is 2.59. The maximum Gasteiger partial charge on any atom is 0.264 e. The van der Waals surface area contributed by atoms with Crippen molar-refractivity contribution < 1.29 is 19.4 Å². The topological polar surface area (TPSA) is 70.1 Å². The van der Waals surface area contributed by atoms with Crippen molar-refractivity contribution >= 4 is 17.5 Å². The molecule has 3 aliphatic rings.